The van der Waals surface area contributed by atoms with Gasteiger partial charge in [-0.05, 0) is 18.9 Å². The number of unbranched alkanes of at least 4 members (excludes halogenated alkanes) is 1. The van der Waals surface area contributed by atoms with Gasteiger partial charge in [0, 0.05) is 5.39 Å². The fraction of sp³-hybridized carbons (Fsp3) is 0.312. The molecule has 0 radical (unpaired) electrons. The highest BCUT2D eigenvalue weighted by molar-refractivity contribution is 6.11. The second kappa shape index (κ2) is 5.63. The first-order valence-corrected chi connectivity index (χ1v) is 7.31. The largest absolute Gasteiger partial charge is 0.465 e. The number of methoxy groups -OCH3 is 1. The van der Waals surface area contributed by atoms with Gasteiger partial charge in [-0.1, -0.05) is 36.8 Å². The third-order valence-electron chi connectivity index (χ3n) is 3.82. The number of fused-ring (bicyclic) bond motifs is 3. The molecule has 6 nitrogen and oxygen atoms in total. The normalized spacial score (nSPS) is 11.2. The third kappa shape index (κ3) is 2.07. The summed E-state index contributed by atoms with van der Waals surface area (Å²) >= 11 is 0. The van der Waals surface area contributed by atoms with Gasteiger partial charge < -0.3 is 10.5 Å². The molecule has 114 valence electrons. The van der Waals surface area contributed by atoms with Crippen LogP contribution in [0.2, 0.25) is 0 Å². The van der Waals surface area contributed by atoms with E-state index in [1.165, 1.54) is 7.11 Å². The summed E-state index contributed by atoms with van der Waals surface area (Å²) in [5, 5.41) is 9.19. The van der Waals surface area contributed by atoms with Crippen molar-refractivity contribution in [1.82, 2.24) is 14.8 Å². The summed E-state index contributed by atoms with van der Waals surface area (Å²) in [6, 6.07) is 7.48. The summed E-state index contributed by atoms with van der Waals surface area (Å²) < 4.78 is 6.61. The van der Waals surface area contributed by atoms with Gasteiger partial charge in [-0.3, -0.25) is 0 Å². The number of nitrogens with two attached hydrogens (primary N) is 1. The number of carbonyl (C=O) groups is 1. The Morgan fingerprint density at radius 3 is 2.86 bits per heavy atom. The standard InChI is InChI=1S/C16H18N4O2/c1-3-4-8-11-15-14(17)13(16(21)22-2)10-7-5-6-9-12(10)20(15)19-18-11/h5-7,9H,3-4,8,17H2,1-2H3. The molecule has 0 amide bonds. The number of hydrogen-bond acceptors (Lipinski definition) is 5. The molecule has 3 aromatic rings. The predicted molar refractivity (Wildman–Crippen MR) is 84.9 cm³/mol. The van der Waals surface area contributed by atoms with Crippen LogP contribution in [0, 0.1) is 0 Å². The highest BCUT2D eigenvalue weighted by Gasteiger charge is 2.22. The van der Waals surface area contributed by atoms with Gasteiger partial charge in [0.2, 0.25) is 0 Å². The number of anilines is 1. The first-order valence-electron chi connectivity index (χ1n) is 7.31. The lowest BCUT2D eigenvalue weighted by Crippen LogP contribution is -2.10. The van der Waals surface area contributed by atoms with Gasteiger partial charge in [0.05, 0.1) is 29.6 Å². The smallest absolute Gasteiger partial charge is 0.340 e. The summed E-state index contributed by atoms with van der Waals surface area (Å²) in [4.78, 5) is 12.2. The molecule has 6 heteroatoms. The Kier molecular flexibility index (Phi) is 3.66. The molecular weight excluding hydrogens is 280 g/mol. The Balaban J connectivity index is 2.39. The molecule has 2 aromatic heterocycles. The summed E-state index contributed by atoms with van der Waals surface area (Å²) in [6.45, 7) is 2.12. The topological polar surface area (TPSA) is 82.5 Å². The zero-order chi connectivity index (χ0) is 15.7. The molecule has 0 fully saturated rings. The quantitative estimate of drug-likeness (QED) is 0.749. The summed E-state index contributed by atoms with van der Waals surface area (Å²) in [7, 11) is 1.35. The van der Waals surface area contributed by atoms with Crippen molar-refractivity contribution >= 4 is 28.1 Å². The number of rotatable bonds is 4. The van der Waals surface area contributed by atoms with E-state index >= 15 is 0 Å². The van der Waals surface area contributed by atoms with Crippen molar-refractivity contribution in [3.05, 3.63) is 35.5 Å². The molecule has 0 aliphatic carbocycles. The second-order valence-corrected chi connectivity index (χ2v) is 5.20. The van der Waals surface area contributed by atoms with Crippen molar-refractivity contribution in [2.45, 2.75) is 26.2 Å². The minimum Gasteiger partial charge on any atom is -0.465 e. The number of nitrogen functional groups attached to an aromatic ring is 1. The van der Waals surface area contributed by atoms with E-state index in [1.54, 1.807) is 4.52 Å². The van der Waals surface area contributed by atoms with Gasteiger partial charge in [-0.2, -0.15) is 0 Å². The van der Waals surface area contributed by atoms with Crippen molar-refractivity contribution in [2.75, 3.05) is 12.8 Å². The third-order valence-corrected chi connectivity index (χ3v) is 3.82. The average molecular weight is 298 g/mol. The number of benzene rings is 1. The number of ether oxygens (including phenoxy) is 1. The molecule has 0 atom stereocenters. The molecule has 0 saturated carbocycles. The molecule has 22 heavy (non-hydrogen) atoms. The van der Waals surface area contributed by atoms with Crippen molar-refractivity contribution in [2.24, 2.45) is 0 Å². The molecule has 0 aliphatic heterocycles. The summed E-state index contributed by atoms with van der Waals surface area (Å²) in [5.41, 5.74) is 9.34. The van der Waals surface area contributed by atoms with Crippen LogP contribution < -0.4 is 5.73 Å². The molecule has 2 heterocycles. The van der Waals surface area contributed by atoms with Gasteiger partial charge in [0.1, 0.15) is 5.52 Å². The lowest BCUT2D eigenvalue weighted by Gasteiger charge is -2.11. The van der Waals surface area contributed by atoms with Crippen LogP contribution in [-0.4, -0.2) is 27.9 Å². The summed E-state index contributed by atoms with van der Waals surface area (Å²) in [6.07, 6.45) is 2.83. The van der Waals surface area contributed by atoms with Crippen molar-refractivity contribution in [3.8, 4) is 0 Å². The molecule has 0 saturated heterocycles. The lowest BCUT2D eigenvalue weighted by atomic mass is 10.0. The van der Waals surface area contributed by atoms with Crippen LogP contribution in [0.4, 0.5) is 5.69 Å². The van der Waals surface area contributed by atoms with E-state index in [0.29, 0.717) is 22.2 Å². The molecule has 2 N–H and O–H groups in total. The number of esters is 1. The van der Waals surface area contributed by atoms with Crippen LogP contribution in [0.5, 0.6) is 0 Å². The van der Waals surface area contributed by atoms with E-state index in [1.807, 2.05) is 24.3 Å². The molecule has 0 bridgehead atoms. The minimum atomic E-state index is -0.446. The minimum absolute atomic E-state index is 0.377. The molecule has 3 rings (SSSR count). The maximum Gasteiger partial charge on any atom is 0.340 e. The number of hydrogen-bond donors (Lipinski definition) is 1. The molecule has 0 spiro atoms. The maximum atomic E-state index is 12.2. The monoisotopic (exact) mass is 298 g/mol. The van der Waals surface area contributed by atoms with Gasteiger partial charge >= 0.3 is 5.97 Å². The van der Waals surface area contributed by atoms with Crippen molar-refractivity contribution in [3.63, 3.8) is 0 Å². The van der Waals surface area contributed by atoms with Crippen LogP contribution in [0.3, 0.4) is 0 Å². The first-order chi connectivity index (χ1) is 10.7. The zero-order valence-corrected chi connectivity index (χ0v) is 12.7. The Bertz CT molecular complexity index is 854. The lowest BCUT2D eigenvalue weighted by molar-refractivity contribution is 0.0604. The van der Waals surface area contributed by atoms with Gasteiger partial charge in [0.25, 0.3) is 0 Å². The van der Waals surface area contributed by atoms with Crippen LogP contribution in [-0.2, 0) is 11.2 Å². The van der Waals surface area contributed by atoms with E-state index in [2.05, 4.69) is 17.2 Å². The molecule has 0 unspecified atom stereocenters. The van der Waals surface area contributed by atoms with Gasteiger partial charge in [-0.25, -0.2) is 9.31 Å². The van der Waals surface area contributed by atoms with E-state index in [9.17, 15) is 4.79 Å². The highest BCUT2D eigenvalue weighted by atomic mass is 16.5. The number of para-hydroxylation sites is 1. The van der Waals surface area contributed by atoms with Crippen LogP contribution in [0.15, 0.2) is 24.3 Å². The fourth-order valence-corrected chi connectivity index (χ4v) is 2.72. The number of nitrogens with zero attached hydrogens (tertiary/aromatic N) is 3. The van der Waals surface area contributed by atoms with Gasteiger partial charge in [0.15, 0.2) is 0 Å². The number of aryl methyl sites for hydroxylation is 1. The number of pyridine rings is 1. The number of carbonyl (C=O) groups excluding carboxylic acids is 1. The van der Waals surface area contributed by atoms with Gasteiger partial charge in [-0.15, -0.1) is 5.10 Å². The van der Waals surface area contributed by atoms with Crippen LogP contribution in [0.1, 0.15) is 35.8 Å². The Hall–Kier alpha value is -2.63. The SMILES string of the molecule is CCCCc1nnn2c1c(N)c(C(=O)OC)c1ccccc12. The Labute approximate surface area is 127 Å². The second-order valence-electron chi connectivity index (χ2n) is 5.20. The van der Waals surface area contributed by atoms with E-state index in [0.717, 1.165) is 30.5 Å². The predicted octanol–water partition coefficient (Wildman–Crippen LogP) is 2.59. The molecule has 0 aliphatic rings. The first kappa shape index (κ1) is 14.3. The Morgan fingerprint density at radius 1 is 1.36 bits per heavy atom. The van der Waals surface area contributed by atoms with Crippen LogP contribution in [0.25, 0.3) is 16.4 Å². The zero-order valence-electron chi connectivity index (χ0n) is 12.7. The maximum absolute atomic E-state index is 12.2. The van der Waals surface area contributed by atoms with Crippen molar-refractivity contribution in [1.29, 1.82) is 0 Å². The van der Waals surface area contributed by atoms with E-state index < -0.39 is 5.97 Å². The highest BCUT2D eigenvalue weighted by Crippen LogP contribution is 2.30. The van der Waals surface area contributed by atoms with E-state index in [-0.39, 0.29) is 0 Å². The van der Waals surface area contributed by atoms with Crippen molar-refractivity contribution < 1.29 is 9.53 Å². The molecular formula is C16H18N4O2. The average Bonchev–Trinajstić information content (AvgIpc) is 2.97. The Morgan fingerprint density at radius 2 is 2.14 bits per heavy atom. The van der Waals surface area contributed by atoms with E-state index in [4.69, 9.17) is 10.5 Å². The molecule has 1 aromatic carbocycles. The summed E-state index contributed by atoms with van der Waals surface area (Å²) in [5.74, 6) is -0.446. The number of aromatic nitrogens is 3. The van der Waals surface area contributed by atoms with Crippen LogP contribution >= 0.6 is 0 Å². The fourth-order valence-electron chi connectivity index (χ4n) is 2.72.